The van der Waals surface area contributed by atoms with E-state index >= 15 is 0 Å². The molecule has 5 heteroatoms. The molecule has 1 aromatic carbocycles. The lowest BCUT2D eigenvalue weighted by Gasteiger charge is -2.10. The van der Waals surface area contributed by atoms with Crippen molar-refractivity contribution in [3.63, 3.8) is 0 Å². The first-order valence-electron chi connectivity index (χ1n) is 3.85. The van der Waals surface area contributed by atoms with E-state index in [-0.39, 0.29) is 0 Å². The fraction of sp³-hybridized carbons (Fsp3) is 0.222. The molecule has 76 valence electrons. The van der Waals surface area contributed by atoms with Crippen LogP contribution in [0.1, 0.15) is 6.92 Å². The van der Waals surface area contributed by atoms with Crippen LogP contribution in [0.4, 0.5) is 5.69 Å². The van der Waals surface area contributed by atoms with Gasteiger partial charge in [0.15, 0.2) is 0 Å². The molecule has 0 amide bonds. The van der Waals surface area contributed by atoms with E-state index in [0.717, 1.165) is 0 Å². The maximum absolute atomic E-state index is 5.94. The third-order valence-corrected chi connectivity index (χ3v) is 2.26. The highest BCUT2D eigenvalue weighted by atomic mass is 35.5. The molecule has 1 aromatic rings. The van der Waals surface area contributed by atoms with Crippen molar-refractivity contribution in [2.45, 2.75) is 6.92 Å². The van der Waals surface area contributed by atoms with Crippen molar-refractivity contribution in [2.75, 3.05) is 12.4 Å². The van der Waals surface area contributed by atoms with Gasteiger partial charge in [-0.3, -0.25) is 0 Å². The summed E-state index contributed by atoms with van der Waals surface area (Å²) in [6.07, 6.45) is 0. The van der Waals surface area contributed by atoms with E-state index in [1.54, 1.807) is 26.2 Å². The van der Waals surface area contributed by atoms with Crippen molar-refractivity contribution in [2.24, 2.45) is 0 Å². The highest BCUT2D eigenvalue weighted by Crippen LogP contribution is 2.33. The number of halogens is 2. The van der Waals surface area contributed by atoms with Crippen LogP contribution >= 0.6 is 35.4 Å². The normalized spacial score (nSPS) is 9.71. The van der Waals surface area contributed by atoms with Gasteiger partial charge >= 0.3 is 0 Å². The molecule has 0 aliphatic carbocycles. The second-order valence-electron chi connectivity index (χ2n) is 2.65. The highest BCUT2D eigenvalue weighted by molar-refractivity contribution is 7.80. The predicted octanol–water partition coefficient (Wildman–Crippen LogP) is 3.76. The minimum Gasteiger partial charge on any atom is -0.495 e. The van der Waals surface area contributed by atoms with Gasteiger partial charge in [-0.2, -0.15) is 0 Å². The number of benzene rings is 1. The summed E-state index contributed by atoms with van der Waals surface area (Å²) in [6, 6.07) is 3.32. The molecular formula is C9H9Cl2NOS. The molecule has 0 unspecified atom stereocenters. The molecule has 2 nitrogen and oxygen atoms in total. The van der Waals surface area contributed by atoms with Crippen molar-refractivity contribution in [1.29, 1.82) is 0 Å². The Morgan fingerprint density at radius 2 is 2.00 bits per heavy atom. The Bertz CT molecular complexity index is 368. The summed E-state index contributed by atoms with van der Waals surface area (Å²) in [7, 11) is 1.54. The number of thiocarbonyl (C=S) groups is 1. The van der Waals surface area contributed by atoms with Crippen LogP contribution in [-0.4, -0.2) is 12.1 Å². The third-order valence-electron chi connectivity index (χ3n) is 1.55. The van der Waals surface area contributed by atoms with Crippen LogP contribution in [0, 0.1) is 0 Å². The molecule has 0 atom stereocenters. The average Bonchev–Trinajstić information content (AvgIpc) is 2.09. The summed E-state index contributed by atoms with van der Waals surface area (Å²) in [5.41, 5.74) is 0.695. The van der Waals surface area contributed by atoms with E-state index in [9.17, 15) is 0 Å². The molecule has 0 fully saturated rings. The van der Waals surface area contributed by atoms with Crippen LogP contribution < -0.4 is 10.1 Å². The summed E-state index contributed by atoms with van der Waals surface area (Å²) in [5.74, 6) is 0.565. The first-order valence-corrected chi connectivity index (χ1v) is 5.01. The second kappa shape index (κ2) is 4.82. The highest BCUT2D eigenvalue weighted by Gasteiger charge is 2.07. The Morgan fingerprint density at radius 3 is 2.50 bits per heavy atom. The molecule has 0 spiro atoms. The fourth-order valence-corrected chi connectivity index (χ4v) is 1.59. The van der Waals surface area contributed by atoms with Crippen molar-refractivity contribution in [3.8, 4) is 5.75 Å². The van der Waals surface area contributed by atoms with Gasteiger partial charge < -0.3 is 10.1 Å². The lowest BCUT2D eigenvalue weighted by molar-refractivity contribution is 0.415. The molecule has 0 bridgehead atoms. The zero-order chi connectivity index (χ0) is 10.7. The molecule has 0 aliphatic heterocycles. The molecule has 0 aliphatic rings. The largest absolute Gasteiger partial charge is 0.495 e. The van der Waals surface area contributed by atoms with E-state index in [4.69, 9.17) is 40.2 Å². The maximum Gasteiger partial charge on any atom is 0.139 e. The molecule has 0 aromatic heterocycles. The van der Waals surface area contributed by atoms with Crippen LogP contribution in [-0.2, 0) is 0 Å². The van der Waals surface area contributed by atoms with E-state index in [2.05, 4.69) is 5.32 Å². The number of hydrogen-bond acceptors (Lipinski definition) is 2. The van der Waals surface area contributed by atoms with Gasteiger partial charge in [-0.1, -0.05) is 35.4 Å². The van der Waals surface area contributed by atoms with Crippen molar-refractivity contribution < 1.29 is 4.74 Å². The predicted molar refractivity (Wildman–Crippen MR) is 64.9 cm³/mol. The van der Waals surface area contributed by atoms with Crippen molar-refractivity contribution in [1.82, 2.24) is 0 Å². The Labute approximate surface area is 98.2 Å². The number of rotatable bonds is 2. The van der Waals surface area contributed by atoms with Crippen LogP contribution in [0.15, 0.2) is 12.1 Å². The summed E-state index contributed by atoms with van der Waals surface area (Å²) in [6.45, 7) is 1.77. The zero-order valence-corrected chi connectivity index (χ0v) is 10.1. The van der Waals surface area contributed by atoms with Crippen LogP contribution in [0.3, 0.4) is 0 Å². The van der Waals surface area contributed by atoms with Crippen LogP contribution in [0.5, 0.6) is 5.75 Å². The number of hydrogen-bond donors (Lipinski definition) is 1. The van der Waals surface area contributed by atoms with E-state index in [1.807, 2.05) is 0 Å². The smallest absolute Gasteiger partial charge is 0.139 e. The Hall–Kier alpha value is -0.510. The number of anilines is 1. The summed E-state index contributed by atoms with van der Waals surface area (Å²) in [4.78, 5) is 0.635. The van der Waals surface area contributed by atoms with Gasteiger partial charge in [-0.05, 0) is 13.0 Å². The summed E-state index contributed by atoms with van der Waals surface area (Å²) in [5, 5.41) is 3.93. The van der Waals surface area contributed by atoms with Crippen LogP contribution in [0.2, 0.25) is 10.0 Å². The van der Waals surface area contributed by atoms with Gasteiger partial charge in [0.05, 0.1) is 27.8 Å². The number of methoxy groups -OCH3 is 1. The van der Waals surface area contributed by atoms with Crippen LogP contribution in [0.25, 0.3) is 0 Å². The van der Waals surface area contributed by atoms with E-state index in [1.165, 1.54) is 0 Å². The molecular weight excluding hydrogens is 241 g/mol. The lowest BCUT2D eigenvalue weighted by atomic mass is 10.3. The first kappa shape index (κ1) is 11.6. The molecule has 0 saturated carbocycles. The molecule has 1 N–H and O–H groups in total. The Balaban J connectivity index is 3.10. The lowest BCUT2D eigenvalue weighted by Crippen LogP contribution is -2.04. The second-order valence-corrected chi connectivity index (χ2v) is 4.07. The summed E-state index contributed by atoms with van der Waals surface area (Å²) >= 11 is 16.7. The van der Waals surface area contributed by atoms with E-state index < -0.39 is 0 Å². The SMILES string of the molecule is COc1cc(NC(C)=S)c(Cl)cc1Cl. The topological polar surface area (TPSA) is 21.3 Å². The quantitative estimate of drug-likeness (QED) is 0.807. The van der Waals surface area contributed by atoms with Crippen molar-refractivity contribution in [3.05, 3.63) is 22.2 Å². The van der Waals surface area contributed by atoms with Gasteiger partial charge in [-0.15, -0.1) is 0 Å². The minimum atomic E-state index is 0.477. The average molecular weight is 250 g/mol. The summed E-state index contributed by atoms with van der Waals surface area (Å²) < 4.78 is 5.05. The standard InChI is InChI=1S/C9H9Cl2NOS/c1-5(14)12-8-4-9(13-2)7(11)3-6(8)10/h3-4H,1-2H3,(H,12,14). The van der Waals surface area contributed by atoms with Crippen molar-refractivity contribution >= 4 is 46.1 Å². The number of ether oxygens (including phenoxy) is 1. The minimum absolute atomic E-state index is 0.477. The molecule has 0 heterocycles. The maximum atomic E-state index is 5.94. The van der Waals surface area contributed by atoms with Gasteiger partial charge in [0.25, 0.3) is 0 Å². The molecule has 14 heavy (non-hydrogen) atoms. The monoisotopic (exact) mass is 249 g/mol. The zero-order valence-electron chi connectivity index (χ0n) is 7.73. The molecule has 1 rings (SSSR count). The van der Waals surface area contributed by atoms with E-state index in [0.29, 0.717) is 26.5 Å². The Kier molecular flexibility index (Phi) is 3.98. The fourth-order valence-electron chi connectivity index (χ4n) is 0.971. The molecule has 0 radical (unpaired) electrons. The van der Waals surface area contributed by atoms with Gasteiger partial charge in [-0.25, -0.2) is 0 Å². The third kappa shape index (κ3) is 2.74. The molecule has 0 saturated heterocycles. The van der Waals surface area contributed by atoms with Gasteiger partial charge in [0.1, 0.15) is 5.75 Å². The van der Waals surface area contributed by atoms with Gasteiger partial charge in [0, 0.05) is 6.07 Å². The van der Waals surface area contributed by atoms with Gasteiger partial charge in [0.2, 0.25) is 0 Å². The number of nitrogens with one attached hydrogen (secondary N) is 1. The Morgan fingerprint density at radius 1 is 1.36 bits per heavy atom. The first-order chi connectivity index (χ1) is 6.54.